The fraction of sp³-hybridized carbons (Fsp3) is 0.333. The van der Waals surface area contributed by atoms with Crippen LogP contribution in [0.2, 0.25) is 0 Å². The second-order valence-corrected chi connectivity index (χ2v) is 6.00. The minimum atomic E-state index is -0.362. The van der Waals surface area contributed by atoms with E-state index in [1.54, 1.807) is 19.2 Å². The average Bonchev–Trinajstić information content (AvgIpc) is 2.63. The molecule has 0 aromatic heterocycles. The van der Waals surface area contributed by atoms with Gasteiger partial charge in [-0.25, -0.2) is 0 Å². The van der Waals surface area contributed by atoms with Gasteiger partial charge in [0.25, 0.3) is 5.69 Å². The molecular weight excluding hydrogens is 306 g/mol. The van der Waals surface area contributed by atoms with E-state index in [4.69, 9.17) is 4.74 Å². The van der Waals surface area contributed by atoms with E-state index < -0.39 is 0 Å². The van der Waals surface area contributed by atoms with E-state index in [0.29, 0.717) is 0 Å². The monoisotopic (exact) mass is 328 g/mol. The van der Waals surface area contributed by atoms with E-state index in [0.717, 1.165) is 44.2 Å². The Bertz CT molecular complexity index is 695. The molecule has 1 aliphatic rings. The van der Waals surface area contributed by atoms with E-state index >= 15 is 0 Å². The quantitative estimate of drug-likeness (QED) is 0.668. The number of benzene rings is 2. The summed E-state index contributed by atoms with van der Waals surface area (Å²) < 4.78 is 5.43. The number of nitrogens with zero attached hydrogens (tertiary/aromatic N) is 2. The molecule has 0 amide bonds. The third-order valence-corrected chi connectivity index (χ3v) is 4.53. The lowest BCUT2D eigenvalue weighted by Crippen LogP contribution is -3.13. The molecule has 0 saturated carbocycles. The Morgan fingerprint density at radius 1 is 1.12 bits per heavy atom. The van der Waals surface area contributed by atoms with Gasteiger partial charge in [-0.2, -0.15) is 0 Å². The van der Waals surface area contributed by atoms with E-state index in [1.165, 1.54) is 10.5 Å². The summed E-state index contributed by atoms with van der Waals surface area (Å²) in [5.74, 6) is 0.947. The number of nitrogens with one attached hydrogen (secondary N) is 1. The Hall–Kier alpha value is -2.60. The van der Waals surface area contributed by atoms with Crippen LogP contribution in [0, 0.1) is 10.1 Å². The van der Waals surface area contributed by atoms with Crippen molar-refractivity contribution in [2.45, 2.75) is 6.54 Å². The second-order valence-electron chi connectivity index (χ2n) is 6.00. The highest BCUT2D eigenvalue weighted by Crippen LogP contribution is 2.19. The highest BCUT2D eigenvalue weighted by Gasteiger charge is 2.21. The molecular formula is C18H22N3O3+. The number of rotatable bonds is 5. The van der Waals surface area contributed by atoms with Gasteiger partial charge in [0.15, 0.2) is 0 Å². The molecule has 1 fully saturated rings. The number of nitro groups is 1. The molecule has 0 spiro atoms. The number of anilines is 1. The topological polar surface area (TPSA) is 60.0 Å². The van der Waals surface area contributed by atoms with Gasteiger partial charge in [-0.1, -0.05) is 12.1 Å². The largest absolute Gasteiger partial charge is 0.496 e. The molecule has 0 bridgehead atoms. The summed E-state index contributed by atoms with van der Waals surface area (Å²) in [7, 11) is 1.71. The number of para-hydroxylation sites is 1. The molecule has 1 saturated heterocycles. The van der Waals surface area contributed by atoms with Gasteiger partial charge in [0.05, 0.1) is 38.2 Å². The molecule has 0 radical (unpaired) electrons. The summed E-state index contributed by atoms with van der Waals surface area (Å²) in [5, 5.41) is 10.7. The van der Waals surface area contributed by atoms with Crippen molar-refractivity contribution < 1.29 is 14.6 Å². The maximum Gasteiger partial charge on any atom is 0.269 e. The molecule has 126 valence electrons. The fourth-order valence-electron chi connectivity index (χ4n) is 3.16. The highest BCUT2D eigenvalue weighted by atomic mass is 16.6. The SMILES string of the molecule is COc1ccccc1C[NH+]1CCN(c2ccc([N+](=O)[O-])cc2)CC1. The van der Waals surface area contributed by atoms with Crippen molar-refractivity contribution in [2.75, 3.05) is 38.2 Å². The summed E-state index contributed by atoms with van der Waals surface area (Å²) in [4.78, 5) is 14.2. The number of nitro benzene ring substituents is 1. The van der Waals surface area contributed by atoms with Crippen molar-refractivity contribution in [3.05, 3.63) is 64.2 Å². The molecule has 6 heteroatoms. The third kappa shape index (κ3) is 3.65. The zero-order valence-corrected chi connectivity index (χ0v) is 13.8. The van der Waals surface area contributed by atoms with Crippen LogP contribution in [0.15, 0.2) is 48.5 Å². The first kappa shape index (κ1) is 16.3. The minimum Gasteiger partial charge on any atom is -0.496 e. The van der Waals surface area contributed by atoms with Crippen molar-refractivity contribution >= 4 is 11.4 Å². The fourth-order valence-corrected chi connectivity index (χ4v) is 3.16. The molecule has 0 unspecified atom stereocenters. The summed E-state index contributed by atoms with van der Waals surface area (Å²) >= 11 is 0. The first-order chi connectivity index (χ1) is 11.7. The van der Waals surface area contributed by atoms with Gasteiger partial charge in [0.2, 0.25) is 0 Å². The summed E-state index contributed by atoms with van der Waals surface area (Å²) in [6, 6.07) is 15.0. The van der Waals surface area contributed by atoms with Crippen LogP contribution in [-0.4, -0.2) is 38.2 Å². The van der Waals surface area contributed by atoms with Crippen molar-refractivity contribution in [2.24, 2.45) is 0 Å². The smallest absolute Gasteiger partial charge is 0.269 e. The zero-order chi connectivity index (χ0) is 16.9. The molecule has 0 aliphatic carbocycles. The lowest BCUT2D eigenvalue weighted by atomic mass is 10.1. The van der Waals surface area contributed by atoms with Crippen molar-refractivity contribution in [1.82, 2.24) is 0 Å². The molecule has 2 aromatic rings. The Morgan fingerprint density at radius 3 is 2.42 bits per heavy atom. The van der Waals surface area contributed by atoms with E-state index in [9.17, 15) is 10.1 Å². The predicted octanol–water partition coefficient (Wildman–Crippen LogP) is 1.51. The average molecular weight is 328 g/mol. The maximum absolute atomic E-state index is 10.7. The first-order valence-electron chi connectivity index (χ1n) is 8.12. The third-order valence-electron chi connectivity index (χ3n) is 4.53. The number of quaternary nitrogens is 1. The van der Waals surface area contributed by atoms with Gasteiger partial charge < -0.3 is 14.5 Å². The van der Waals surface area contributed by atoms with Gasteiger partial charge in [-0.15, -0.1) is 0 Å². The molecule has 1 heterocycles. The Balaban J connectivity index is 1.58. The van der Waals surface area contributed by atoms with E-state index in [-0.39, 0.29) is 10.6 Å². The highest BCUT2D eigenvalue weighted by molar-refractivity contribution is 5.51. The van der Waals surface area contributed by atoms with Crippen LogP contribution in [0.1, 0.15) is 5.56 Å². The lowest BCUT2D eigenvalue weighted by Gasteiger charge is -2.33. The maximum atomic E-state index is 10.7. The summed E-state index contributed by atoms with van der Waals surface area (Å²) in [6.45, 7) is 4.92. The molecule has 24 heavy (non-hydrogen) atoms. The van der Waals surface area contributed by atoms with Gasteiger partial charge in [0, 0.05) is 23.4 Å². The van der Waals surface area contributed by atoms with Crippen molar-refractivity contribution in [3.63, 3.8) is 0 Å². The molecule has 6 nitrogen and oxygen atoms in total. The summed E-state index contributed by atoms with van der Waals surface area (Å²) in [6.07, 6.45) is 0. The van der Waals surface area contributed by atoms with Crippen LogP contribution in [0.5, 0.6) is 5.75 Å². The van der Waals surface area contributed by atoms with E-state index in [1.807, 2.05) is 30.3 Å². The van der Waals surface area contributed by atoms with Crippen LogP contribution in [0.4, 0.5) is 11.4 Å². The number of methoxy groups -OCH3 is 1. The molecule has 0 atom stereocenters. The number of piperazine rings is 1. The molecule has 1 aliphatic heterocycles. The standard InChI is InChI=1S/C18H21N3O3/c1-24-18-5-3-2-4-15(18)14-19-10-12-20(13-11-19)16-6-8-17(9-7-16)21(22)23/h2-9H,10-14H2,1H3/p+1. The second kappa shape index (κ2) is 7.31. The number of ether oxygens (including phenoxy) is 1. The first-order valence-corrected chi connectivity index (χ1v) is 8.12. The van der Waals surface area contributed by atoms with Crippen LogP contribution in [0.3, 0.4) is 0 Å². The van der Waals surface area contributed by atoms with Crippen molar-refractivity contribution in [3.8, 4) is 5.75 Å². The number of non-ortho nitro benzene ring substituents is 1. The molecule has 2 aromatic carbocycles. The van der Waals surface area contributed by atoms with Crippen molar-refractivity contribution in [1.29, 1.82) is 0 Å². The van der Waals surface area contributed by atoms with Gasteiger partial charge in [-0.3, -0.25) is 10.1 Å². The molecule has 1 N–H and O–H groups in total. The van der Waals surface area contributed by atoms with Gasteiger partial charge >= 0.3 is 0 Å². The predicted molar refractivity (Wildman–Crippen MR) is 92.7 cm³/mol. The summed E-state index contributed by atoms with van der Waals surface area (Å²) in [5.41, 5.74) is 2.43. The number of hydrogen-bond donors (Lipinski definition) is 1. The van der Waals surface area contributed by atoms with Crippen LogP contribution >= 0.6 is 0 Å². The van der Waals surface area contributed by atoms with Gasteiger partial charge in [0.1, 0.15) is 12.3 Å². The Labute approximate surface area is 141 Å². The van der Waals surface area contributed by atoms with Gasteiger partial charge in [-0.05, 0) is 24.3 Å². The van der Waals surface area contributed by atoms with Crippen LogP contribution in [-0.2, 0) is 6.54 Å². The molecule has 3 rings (SSSR count). The normalized spacial score (nSPS) is 15.3. The Kier molecular flexibility index (Phi) is 4.96. The van der Waals surface area contributed by atoms with Crippen LogP contribution in [0.25, 0.3) is 0 Å². The Morgan fingerprint density at radius 2 is 1.79 bits per heavy atom. The number of hydrogen-bond acceptors (Lipinski definition) is 4. The lowest BCUT2D eigenvalue weighted by molar-refractivity contribution is -0.914. The van der Waals surface area contributed by atoms with Crippen LogP contribution < -0.4 is 14.5 Å². The minimum absolute atomic E-state index is 0.138. The van der Waals surface area contributed by atoms with E-state index in [2.05, 4.69) is 11.0 Å². The zero-order valence-electron chi connectivity index (χ0n) is 13.8.